The minimum Gasteiger partial charge on any atom is -0.341 e. The fraction of sp³-hybridized carbons (Fsp3) is 0.333. The zero-order valence-corrected chi connectivity index (χ0v) is 11.0. The minimum absolute atomic E-state index is 0.226. The van der Waals surface area contributed by atoms with E-state index in [4.69, 9.17) is 0 Å². The predicted molar refractivity (Wildman–Crippen MR) is 66.5 cm³/mol. The maximum Gasteiger partial charge on any atom is 0.271 e. The maximum absolute atomic E-state index is 11.9. The lowest BCUT2D eigenvalue weighted by atomic mass is 10.3. The van der Waals surface area contributed by atoms with Crippen LogP contribution in [-0.4, -0.2) is 37.4 Å². The quantitative estimate of drug-likeness (QED) is 0.730. The van der Waals surface area contributed by atoms with Crippen LogP contribution in [0.25, 0.3) is 0 Å². The molecule has 0 aromatic carbocycles. The Bertz CT molecular complexity index is 579. The number of carbonyl (C=O) groups is 2. The Morgan fingerprint density at radius 1 is 1.47 bits per heavy atom. The molecule has 0 saturated heterocycles. The minimum atomic E-state index is -0.392. The number of aromatic amines is 1. The number of tetrazole rings is 1. The molecule has 2 rings (SSSR count). The molecular formula is C9H11N7O2S. The summed E-state index contributed by atoms with van der Waals surface area (Å²) in [6, 6.07) is -0.392. The van der Waals surface area contributed by atoms with E-state index in [1.807, 2.05) is 0 Å². The highest BCUT2D eigenvalue weighted by Crippen LogP contribution is 2.16. The van der Waals surface area contributed by atoms with Gasteiger partial charge in [-0.2, -0.15) is 5.21 Å². The monoisotopic (exact) mass is 281 g/mol. The van der Waals surface area contributed by atoms with E-state index < -0.39 is 6.04 Å². The summed E-state index contributed by atoms with van der Waals surface area (Å²) in [5, 5.41) is 20.4. The number of carbonyl (C=O) groups excluding carboxylic acids is 2. The maximum atomic E-state index is 11.9. The van der Waals surface area contributed by atoms with Crippen LogP contribution in [0.2, 0.25) is 0 Å². The molecule has 10 heteroatoms. The first-order chi connectivity index (χ1) is 9.06. The van der Waals surface area contributed by atoms with Crippen LogP contribution in [0.1, 0.15) is 36.2 Å². The van der Waals surface area contributed by atoms with Gasteiger partial charge in [-0.1, -0.05) is 5.21 Å². The van der Waals surface area contributed by atoms with Gasteiger partial charge in [0.05, 0.1) is 6.04 Å². The number of anilines is 1. The third kappa shape index (κ3) is 3.31. The summed E-state index contributed by atoms with van der Waals surface area (Å²) in [4.78, 5) is 26.7. The third-order valence-corrected chi connectivity index (χ3v) is 2.87. The molecule has 100 valence electrons. The molecule has 2 aromatic rings. The molecule has 0 bridgehead atoms. The van der Waals surface area contributed by atoms with Crippen molar-refractivity contribution in [3.05, 3.63) is 16.9 Å². The summed E-state index contributed by atoms with van der Waals surface area (Å²) in [6.45, 7) is 3.10. The standard InChI is InChI=1S/C9H11N7O2S/c1-4(7-13-15-16-14-7)10-8(18)6-3-19-9(12-6)11-5(2)17/h3-4H,1-2H3,(H,10,18)(H,11,12,17)(H,13,14,15,16). The van der Waals surface area contributed by atoms with Crippen molar-refractivity contribution in [1.82, 2.24) is 30.9 Å². The van der Waals surface area contributed by atoms with E-state index in [2.05, 4.69) is 36.2 Å². The molecule has 3 N–H and O–H groups in total. The molecule has 0 radical (unpaired) electrons. The number of hydrogen-bond donors (Lipinski definition) is 3. The highest BCUT2D eigenvalue weighted by molar-refractivity contribution is 7.14. The molecule has 0 aliphatic rings. The smallest absolute Gasteiger partial charge is 0.271 e. The van der Waals surface area contributed by atoms with Crippen molar-refractivity contribution >= 4 is 28.3 Å². The van der Waals surface area contributed by atoms with Crippen LogP contribution in [0.3, 0.4) is 0 Å². The van der Waals surface area contributed by atoms with Gasteiger partial charge in [-0.3, -0.25) is 9.59 Å². The highest BCUT2D eigenvalue weighted by Gasteiger charge is 2.17. The van der Waals surface area contributed by atoms with Gasteiger partial charge in [0, 0.05) is 12.3 Å². The second-order valence-corrected chi connectivity index (χ2v) is 4.54. The van der Waals surface area contributed by atoms with Crippen molar-refractivity contribution in [2.24, 2.45) is 0 Å². The highest BCUT2D eigenvalue weighted by atomic mass is 32.1. The Kier molecular flexibility index (Phi) is 3.80. The summed E-state index contributed by atoms with van der Waals surface area (Å²) in [7, 11) is 0. The second-order valence-electron chi connectivity index (χ2n) is 3.68. The molecule has 19 heavy (non-hydrogen) atoms. The van der Waals surface area contributed by atoms with Crippen molar-refractivity contribution in [3.63, 3.8) is 0 Å². The van der Waals surface area contributed by atoms with Crippen molar-refractivity contribution < 1.29 is 9.59 Å². The normalized spacial score (nSPS) is 11.9. The first-order valence-electron chi connectivity index (χ1n) is 5.33. The Labute approximate surface area is 111 Å². The Morgan fingerprint density at radius 3 is 2.89 bits per heavy atom. The average molecular weight is 281 g/mol. The van der Waals surface area contributed by atoms with Crippen LogP contribution in [0.4, 0.5) is 5.13 Å². The molecule has 1 unspecified atom stereocenters. The lowest BCUT2D eigenvalue weighted by Crippen LogP contribution is -2.27. The average Bonchev–Trinajstić information content (AvgIpc) is 2.97. The van der Waals surface area contributed by atoms with E-state index >= 15 is 0 Å². The van der Waals surface area contributed by atoms with Crippen molar-refractivity contribution in [1.29, 1.82) is 0 Å². The van der Waals surface area contributed by atoms with Gasteiger partial charge >= 0.3 is 0 Å². The van der Waals surface area contributed by atoms with E-state index in [0.29, 0.717) is 11.0 Å². The first kappa shape index (κ1) is 13.1. The lowest BCUT2D eigenvalue weighted by molar-refractivity contribution is -0.114. The topological polar surface area (TPSA) is 126 Å². The summed E-state index contributed by atoms with van der Waals surface area (Å²) in [5.74, 6) is -0.225. The molecule has 2 amide bonds. The molecule has 0 spiro atoms. The molecule has 2 heterocycles. The number of thiazole rings is 1. The van der Waals surface area contributed by atoms with Crippen LogP contribution in [0.15, 0.2) is 5.38 Å². The second kappa shape index (κ2) is 5.52. The molecule has 0 aliphatic carbocycles. The van der Waals surface area contributed by atoms with Gasteiger partial charge in [-0.25, -0.2) is 4.98 Å². The molecule has 0 saturated carbocycles. The van der Waals surface area contributed by atoms with Crippen LogP contribution >= 0.6 is 11.3 Å². The van der Waals surface area contributed by atoms with Gasteiger partial charge < -0.3 is 10.6 Å². The Balaban J connectivity index is 2.00. The zero-order chi connectivity index (χ0) is 13.8. The molecule has 0 fully saturated rings. The zero-order valence-electron chi connectivity index (χ0n) is 10.2. The van der Waals surface area contributed by atoms with Gasteiger partial charge in [-0.05, 0) is 6.92 Å². The Hall–Kier alpha value is -2.36. The van der Waals surface area contributed by atoms with Crippen LogP contribution in [0, 0.1) is 0 Å². The number of H-pyrrole nitrogens is 1. The van der Waals surface area contributed by atoms with E-state index in [9.17, 15) is 9.59 Å². The van der Waals surface area contributed by atoms with Gasteiger partial charge in [-0.15, -0.1) is 21.5 Å². The Morgan fingerprint density at radius 2 is 2.26 bits per heavy atom. The summed E-state index contributed by atoms with van der Waals surface area (Å²) in [5.41, 5.74) is 0.226. The summed E-state index contributed by atoms with van der Waals surface area (Å²) >= 11 is 1.18. The first-order valence-corrected chi connectivity index (χ1v) is 6.21. The van der Waals surface area contributed by atoms with E-state index in [0.717, 1.165) is 0 Å². The molecule has 2 aromatic heterocycles. The number of nitrogens with zero attached hydrogens (tertiary/aromatic N) is 4. The van der Waals surface area contributed by atoms with E-state index in [1.165, 1.54) is 18.3 Å². The van der Waals surface area contributed by atoms with Crippen molar-refractivity contribution in [3.8, 4) is 0 Å². The summed E-state index contributed by atoms with van der Waals surface area (Å²) < 4.78 is 0. The number of aromatic nitrogens is 5. The van der Waals surface area contributed by atoms with Gasteiger partial charge in [0.1, 0.15) is 5.69 Å². The predicted octanol–water partition coefficient (Wildman–Crippen LogP) is 0.106. The van der Waals surface area contributed by atoms with Gasteiger partial charge in [0.25, 0.3) is 5.91 Å². The van der Waals surface area contributed by atoms with Gasteiger partial charge in [0.15, 0.2) is 11.0 Å². The lowest BCUT2D eigenvalue weighted by Gasteiger charge is -2.07. The number of rotatable bonds is 4. The third-order valence-electron chi connectivity index (χ3n) is 2.12. The fourth-order valence-electron chi connectivity index (χ4n) is 1.27. The molecular weight excluding hydrogens is 270 g/mol. The van der Waals surface area contributed by atoms with Crippen LogP contribution < -0.4 is 10.6 Å². The molecule has 0 aliphatic heterocycles. The molecule has 9 nitrogen and oxygen atoms in total. The van der Waals surface area contributed by atoms with Crippen LogP contribution in [-0.2, 0) is 4.79 Å². The summed E-state index contributed by atoms with van der Waals surface area (Å²) in [6.07, 6.45) is 0. The van der Waals surface area contributed by atoms with Crippen LogP contribution in [0.5, 0.6) is 0 Å². The molecule has 1 atom stereocenters. The van der Waals surface area contributed by atoms with Crippen molar-refractivity contribution in [2.45, 2.75) is 19.9 Å². The van der Waals surface area contributed by atoms with Gasteiger partial charge in [0.2, 0.25) is 5.91 Å². The van der Waals surface area contributed by atoms with E-state index in [-0.39, 0.29) is 17.5 Å². The number of amides is 2. The largest absolute Gasteiger partial charge is 0.341 e. The fourth-order valence-corrected chi connectivity index (χ4v) is 2.01. The number of nitrogens with one attached hydrogen (secondary N) is 3. The number of hydrogen-bond acceptors (Lipinski definition) is 7. The van der Waals surface area contributed by atoms with E-state index in [1.54, 1.807) is 12.3 Å². The SMILES string of the molecule is CC(=O)Nc1nc(C(=O)NC(C)c2nn[nH]n2)cs1. The van der Waals surface area contributed by atoms with Crippen molar-refractivity contribution in [2.75, 3.05) is 5.32 Å².